The number of rotatable bonds is 3. The predicted molar refractivity (Wildman–Crippen MR) is 68.1 cm³/mol. The molecule has 5 nitrogen and oxygen atoms in total. The van der Waals surface area contributed by atoms with Crippen LogP contribution in [0, 0.1) is 11.8 Å². The summed E-state index contributed by atoms with van der Waals surface area (Å²) in [7, 11) is 0. The third-order valence-electron chi connectivity index (χ3n) is 3.55. The molecule has 1 fully saturated rings. The molecule has 1 N–H and O–H groups in total. The summed E-state index contributed by atoms with van der Waals surface area (Å²) in [4.78, 5) is 23.0. The average molecular weight is 261 g/mol. The first-order chi connectivity index (χ1) is 9.13. The second-order valence-electron chi connectivity index (χ2n) is 5.12. The van der Waals surface area contributed by atoms with Crippen LogP contribution in [0.2, 0.25) is 0 Å². The molecule has 1 amide bonds. The molecule has 19 heavy (non-hydrogen) atoms. The van der Waals surface area contributed by atoms with E-state index in [1.165, 1.54) is 0 Å². The van der Waals surface area contributed by atoms with Gasteiger partial charge in [0.05, 0.1) is 17.9 Å². The van der Waals surface area contributed by atoms with E-state index in [0.29, 0.717) is 35.4 Å². The summed E-state index contributed by atoms with van der Waals surface area (Å²) in [5, 5.41) is 2.68. The largest absolute Gasteiger partial charge is 0.482 e. The molecule has 0 aromatic heterocycles. The van der Waals surface area contributed by atoms with Gasteiger partial charge in [-0.05, 0) is 36.5 Å². The number of esters is 1. The Morgan fingerprint density at radius 1 is 1.53 bits per heavy atom. The lowest BCUT2D eigenvalue weighted by molar-refractivity contribution is -0.118. The summed E-state index contributed by atoms with van der Waals surface area (Å²) < 4.78 is 10.5. The fourth-order valence-corrected chi connectivity index (χ4v) is 2.10. The van der Waals surface area contributed by atoms with Crippen LogP contribution in [-0.4, -0.2) is 25.1 Å². The zero-order chi connectivity index (χ0) is 13.4. The second-order valence-corrected chi connectivity index (χ2v) is 5.12. The molecule has 0 unspecified atom stereocenters. The molecule has 0 saturated heterocycles. The van der Waals surface area contributed by atoms with Gasteiger partial charge < -0.3 is 14.8 Å². The topological polar surface area (TPSA) is 64.6 Å². The zero-order valence-electron chi connectivity index (χ0n) is 10.6. The van der Waals surface area contributed by atoms with E-state index in [4.69, 9.17) is 9.47 Å². The van der Waals surface area contributed by atoms with Gasteiger partial charge in [-0.15, -0.1) is 0 Å². The van der Waals surface area contributed by atoms with Gasteiger partial charge in [0.1, 0.15) is 5.75 Å². The Morgan fingerprint density at radius 2 is 2.32 bits per heavy atom. The quantitative estimate of drug-likeness (QED) is 0.843. The van der Waals surface area contributed by atoms with E-state index in [-0.39, 0.29) is 18.5 Å². The lowest BCUT2D eigenvalue weighted by Crippen LogP contribution is -2.25. The van der Waals surface area contributed by atoms with Gasteiger partial charge in [0.15, 0.2) is 6.61 Å². The molecule has 1 aromatic rings. The summed E-state index contributed by atoms with van der Waals surface area (Å²) in [6.07, 6.45) is 1.13. The molecular formula is C14H15NO4. The number of fused-ring (bicyclic) bond motifs is 1. The Hall–Kier alpha value is -2.04. The maximum absolute atomic E-state index is 11.9. The van der Waals surface area contributed by atoms with Gasteiger partial charge in [0, 0.05) is 0 Å². The number of nitrogens with one attached hydrogen (secondary N) is 1. The lowest BCUT2D eigenvalue weighted by Gasteiger charge is -2.18. The Balaban J connectivity index is 1.67. The van der Waals surface area contributed by atoms with E-state index >= 15 is 0 Å². The smallest absolute Gasteiger partial charge is 0.338 e. The van der Waals surface area contributed by atoms with Crippen molar-refractivity contribution in [2.24, 2.45) is 11.8 Å². The molecule has 0 radical (unpaired) electrons. The van der Waals surface area contributed by atoms with Crippen LogP contribution < -0.4 is 10.1 Å². The first-order valence-corrected chi connectivity index (χ1v) is 6.37. The third-order valence-corrected chi connectivity index (χ3v) is 3.55. The first-order valence-electron chi connectivity index (χ1n) is 6.37. The maximum Gasteiger partial charge on any atom is 0.338 e. The van der Waals surface area contributed by atoms with E-state index in [0.717, 1.165) is 6.42 Å². The summed E-state index contributed by atoms with van der Waals surface area (Å²) in [6, 6.07) is 4.89. The van der Waals surface area contributed by atoms with Crippen molar-refractivity contribution >= 4 is 17.6 Å². The van der Waals surface area contributed by atoms with Gasteiger partial charge in [-0.3, -0.25) is 4.79 Å². The van der Waals surface area contributed by atoms with Crippen molar-refractivity contribution in [1.29, 1.82) is 0 Å². The molecule has 100 valence electrons. The molecule has 1 heterocycles. The number of benzene rings is 1. The normalized spacial score (nSPS) is 23.9. The first kappa shape index (κ1) is 12.0. The number of anilines is 1. The van der Waals surface area contributed by atoms with Crippen LogP contribution in [0.3, 0.4) is 0 Å². The summed E-state index contributed by atoms with van der Waals surface area (Å²) in [6.45, 7) is 2.60. The Bertz CT molecular complexity index is 540. The van der Waals surface area contributed by atoms with Crippen molar-refractivity contribution in [3.63, 3.8) is 0 Å². The van der Waals surface area contributed by atoms with E-state index in [9.17, 15) is 9.59 Å². The summed E-state index contributed by atoms with van der Waals surface area (Å²) in [5.41, 5.74) is 1.03. The minimum atomic E-state index is -0.345. The van der Waals surface area contributed by atoms with Crippen LogP contribution >= 0.6 is 0 Å². The highest BCUT2D eigenvalue weighted by Crippen LogP contribution is 2.38. The molecule has 0 bridgehead atoms. The van der Waals surface area contributed by atoms with Crippen molar-refractivity contribution < 1.29 is 19.1 Å². The van der Waals surface area contributed by atoms with Crippen molar-refractivity contribution in [2.45, 2.75) is 13.3 Å². The van der Waals surface area contributed by atoms with E-state index in [1.54, 1.807) is 18.2 Å². The van der Waals surface area contributed by atoms with Gasteiger partial charge in [0.25, 0.3) is 5.91 Å². The molecule has 0 spiro atoms. The third kappa shape index (κ3) is 2.54. The minimum Gasteiger partial charge on any atom is -0.482 e. The molecule has 1 aromatic carbocycles. The molecule has 1 saturated carbocycles. The molecule has 3 rings (SSSR count). The monoisotopic (exact) mass is 261 g/mol. The standard InChI is InChI=1S/C14H15NO4/c1-8-4-10(8)6-19-14(17)9-2-3-11-12(5-9)18-7-13(16)15-11/h2-3,5,8,10H,4,6-7H2,1H3,(H,15,16)/t8-,10-/m0/s1. The van der Waals surface area contributed by atoms with Crippen molar-refractivity contribution in [2.75, 3.05) is 18.5 Å². The SMILES string of the molecule is C[C@H]1C[C@H]1COC(=O)c1ccc2c(c1)OCC(=O)N2. The van der Waals surface area contributed by atoms with Crippen molar-refractivity contribution in [1.82, 2.24) is 0 Å². The Morgan fingerprint density at radius 3 is 3.05 bits per heavy atom. The van der Waals surface area contributed by atoms with Gasteiger partial charge >= 0.3 is 5.97 Å². The molecule has 1 aliphatic heterocycles. The fraction of sp³-hybridized carbons (Fsp3) is 0.429. The summed E-state index contributed by atoms with van der Waals surface area (Å²) in [5.74, 6) is 1.15. The predicted octanol–water partition coefficient (Wildman–Crippen LogP) is 1.83. The number of amides is 1. The van der Waals surface area contributed by atoms with Crippen LogP contribution in [0.15, 0.2) is 18.2 Å². The number of carbonyl (C=O) groups is 2. The zero-order valence-corrected chi connectivity index (χ0v) is 10.6. The lowest BCUT2D eigenvalue weighted by atomic mass is 10.1. The second kappa shape index (κ2) is 4.57. The number of carbonyl (C=O) groups excluding carboxylic acids is 2. The van der Waals surface area contributed by atoms with E-state index in [2.05, 4.69) is 12.2 Å². The van der Waals surface area contributed by atoms with Crippen molar-refractivity contribution in [3.8, 4) is 5.75 Å². The molecule has 1 aliphatic carbocycles. The maximum atomic E-state index is 11.9. The van der Waals surface area contributed by atoms with Gasteiger partial charge in [0.2, 0.25) is 0 Å². The fourth-order valence-electron chi connectivity index (χ4n) is 2.10. The average Bonchev–Trinajstić information content (AvgIpc) is 3.11. The number of hydrogen-bond donors (Lipinski definition) is 1. The molecule has 5 heteroatoms. The highest BCUT2D eigenvalue weighted by molar-refractivity contribution is 5.97. The Kier molecular flexibility index (Phi) is 2.89. The molecule has 2 atom stereocenters. The van der Waals surface area contributed by atoms with Crippen LogP contribution in [0.4, 0.5) is 5.69 Å². The van der Waals surface area contributed by atoms with Gasteiger partial charge in [-0.1, -0.05) is 6.92 Å². The van der Waals surface area contributed by atoms with Crippen LogP contribution in [0.1, 0.15) is 23.7 Å². The van der Waals surface area contributed by atoms with Crippen LogP contribution in [0.5, 0.6) is 5.75 Å². The number of hydrogen-bond acceptors (Lipinski definition) is 4. The van der Waals surface area contributed by atoms with E-state index < -0.39 is 0 Å². The van der Waals surface area contributed by atoms with Crippen molar-refractivity contribution in [3.05, 3.63) is 23.8 Å². The van der Waals surface area contributed by atoms with Crippen LogP contribution in [-0.2, 0) is 9.53 Å². The summed E-state index contributed by atoms with van der Waals surface area (Å²) >= 11 is 0. The molecular weight excluding hydrogens is 246 g/mol. The highest BCUT2D eigenvalue weighted by atomic mass is 16.5. The van der Waals surface area contributed by atoms with Gasteiger partial charge in [-0.2, -0.15) is 0 Å². The molecule has 2 aliphatic rings. The highest BCUT2D eigenvalue weighted by Gasteiger charge is 2.33. The number of ether oxygens (including phenoxy) is 2. The van der Waals surface area contributed by atoms with Crippen LogP contribution in [0.25, 0.3) is 0 Å². The van der Waals surface area contributed by atoms with E-state index in [1.807, 2.05) is 0 Å². The van der Waals surface area contributed by atoms with Gasteiger partial charge in [-0.25, -0.2) is 4.79 Å². The Labute approximate surface area is 110 Å². The minimum absolute atomic E-state index is 0.0227.